The minimum atomic E-state index is 0.763. The van der Waals surface area contributed by atoms with Gasteiger partial charge in [-0.1, -0.05) is 48.5 Å². The number of hydrogen-bond donors (Lipinski definition) is 0. The highest BCUT2D eigenvalue weighted by molar-refractivity contribution is 5.35. The molecular formula is C17H19O. The fourth-order valence-corrected chi connectivity index (χ4v) is 1.90. The molecule has 1 heteroatoms. The van der Waals surface area contributed by atoms with Gasteiger partial charge in [0.15, 0.2) is 0 Å². The van der Waals surface area contributed by atoms with Crippen LogP contribution < -0.4 is 4.74 Å². The Morgan fingerprint density at radius 2 is 1.56 bits per heavy atom. The molecule has 0 aromatic heterocycles. The lowest BCUT2D eigenvalue weighted by molar-refractivity contribution is 0.306. The summed E-state index contributed by atoms with van der Waals surface area (Å²) in [5.74, 6) is 0.900. The molecule has 2 aromatic rings. The Balaban J connectivity index is 1.66. The van der Waals surface area contributed by atoms with E-state index in [0.29, 0.717) is 0 Å². The highest BCUT2D eigenvalue weighted by atomic mass is 16.5. The third-order valence-corrected chi connectivity index (χ3v) is 2.93. The van der Waals surface area contributed by atoms with E-state index >= 15 is 0 Å². The first-order valence-corrected chi connectivity index (χ1v) is 6.44. The maximum Gasteiger partial charge on any atom is 0.122 e. The van der Waals surface area contributed by atoms with Gasteiger partial charge in [-0.05, 0) is 43.4 Å². The average molecular weight is 239 g/mol. The number of para-hydroxylation sites is 1. The number of hydrogen-bond acceptors (Lipinski definition) is 1. The van der Waals surface area contributed by atoms with Crippen molar-refractivity contribution in [3.63, 3.8) is 0 Å². The quantitative estimate of drug-likeness (QED) is 0.684. The molecule has 0 N–H and O–H groups in total. The van der Waals surface area contributed by atoms with E-state index in [1.165, 1.54) is 5.56 Å². The van der Waals surface area contributed by atoms with E-state index in [9.17, 15) is 0 Å². The van der Waals surface area contributed by atoms with E-state index in [4.69, 9.17) is 4.74 Å². The van der Waals surface area contributed by atoms with Crippen LogP contribution in [0.4, 0.5) is 0 Å². The van der Waals surface area contributed by atoms with E-state index in [2.05, 4.69) is 37.3 Å². The van der Waals surface area contributed by atoms with Crippen molar-refractivity contribution >= 4 is 0 Å². The van der Waals surface area contributed by atoms with Gasteiger partial charge in [0.2, 0.25) is 0 Å². The van der Waals surface area contributed by atoms with Crippen molar-refractivity contribution in [1.29, 1.82) is 0 Å². The summed E-state index contributed by atoms with van der Waals surface area (Å²) in [4.78, 5) is 0. The molecule has 0 spiro atoms. The average Bonchev–Trinajstić information content (AvgIpc) is 2.42. The first-order valence-electron chi connectivity index (χ1n) is 6.44. The Hall–Kier alpha value is -1.76. The normalized spacial score (nSPS) is 10.3. The van der Waals surface area contributed by atoms with Gasteiger partial charge < -0.3 is 4.74 Å². The van der Waals surface area contributed by atoms with Crippen molar-refractivity contribution in [2.24, 2.45) is 0 Å². The van der Waals surface area contributed by atoms with E-state index in [0.717, 1.165) is 37.2 Å². The molecule has 0 aliphatic rings. The van der Waals surface area contributed by atoms with Gasteiger partial charge >= 0.3 is 0 Å². The zero-order valence-corrected chi connectivity index (χ0v) is 10.6. The molecule has 0 unspecified atom stereocenters. The molecule has 0 aliphatic carbocycles. The molecule has 0 aliphatic heterocycles. The van der Waals surface area contributed by atoms with Crippen molar-refractivity contribution < 1.29 is 4.74 Å². The Morgan fingerprint density at radius 3 is 2.33 bits per heavy atom. The molecule has 2 aromatic carbocycles. The molecule has 2 rings (SSSR count). The molecule has 0 fully saturated rings. The Kier molecular flexibility index (Phi) is 4.83. The summed E-state index contributed by atoms with van der Waals surface area (Å²) in [7, 11) is 0. The summed E-state index contributed by atoms with van der Waals surface area (Å²) in [6.07, 6.45) is 3.35. The zero-order valence-electron chi connectivity index (χ0n) is 10.6. The third kappa shape index (κ3) is 3.92. The van der Waals surface area contributed by atoms with Gasteiger partial charge in [-0.25, -0.2) is 0 Å². The van der Waals surface area contributed by atoms with Crippen molar-refractivity contribution in [2.45, 2.75) is 19.3 Å². The fraction of sp³-hybridized carbons (Fsp3) is 0.235. The van der Waals surface area contributed by atoms with Crippen LogP contribution in [0.1, 0.15) is 24.0 Å². The monoisotopic (exact) mass is 239 g/mol. The van der Waals surface area contributed by atoms with Gasteiger partial charge in [-0.2, -0.15) is 0 Å². The Labute approximate surface area is 109 Å². The smallest absolute Gasteiger partial charge is 0.122 e. The molecule has 1 radical (unpaired) electrons. The van der Waals surface area contributed by atoms with Crippen LogP contribution in [0.5, 0.6) is 5.75 Å². The van der Waals surface area contributed by atoms with Crippen LogP contribution in [0, 0.1) is 6.92 Å². The van der Waals surface area contributed by atoms with Crippen LogP contribution >= 0.6 is 0 Å². The van der Waals surface area contributed by atoms with Crippen molar-refractivity contribution in [2.75, 3.05) is 6.61 Å². The summed E-state index contributed by atoms with van der Waals surface area (Å²) in [5, 5.41) is 0. The molecule has 18 heavy (non-hydrogen) atoms. The molecule has 0 amide bonds. The third-order valence-electron chi connectivity index (χ3n) is 2.93. The Morgan fingerprint density at radius 1 is 0.833 bits per heavy atom. The van der Waals surface area contributed by atoms with Crippen LogP contribution in [0.25, 0.3) is 0 Å². The van der Waals surface area contributed by atoms with Crippen molar-refractivity contribution in [1.82, 2.24) is 0 Å². The summed E-state index contributed by atoms with van der Waals surface area (Å²) >= 11 is 0. The molecule has 0 saturated carbocycles. The van der Waals surface area contributed by atoms with Crippen LogP contribution in [0.2, 0.25) is 0 Å². The highest BCUT2D eigenvalue weighted by Gasteiger charge is 1.97. The number of rotatable bonds is 6. The second kappa shape index (κ2) is 6.85. The van der Waals surface area contributed by atoms with Crippen molar-refractivity contribution in [3.8, 4) is 5.75 Å². The molecule has 0 bridgehead atoms. The largest absolute Gasteiger partial charge is 0.493 e. The summed E-state index contributed by atoms with van der Waals surface area (Å²) < 4.78 is 5.71. The van der Waals surface area contributed by atoms with Gasteiger partial charge in [0.05, 0.1) is 6.61 Å². The summed E-state index contributed by atoms with van der Waals surface area (Å²) in [5.41, 5.74) is 2.36. The summed E-state index contributed by atoms with van der Waals surface area (Å²) in [6, 6.07) is 18.5. The summed E-state index contributed by atoms with van der Waals surface area (Å²) in [6.45, 7) is 4.71. The zero-order chi connectivity index (χ0) is 12.6. The Bertz CT molecular complexity index is 462. The lowest BCUT2D eigenvalue weighted by atomic mass is 10.1. The first-order chi connectivity index (χ1) is 8.86. The molecule has 93 valence electrons. The van der Waals surface area contributed by atoms with E-state index in [1.807, 2.05) is 24.3 Å². The van der Waals surface area contributed by atoms with Crippen LogP contribution in [0.3, 0.4) is 0 Å². The predicted octanol–water partition coefficient (Wildman–Crippen LogP) is 4.27. The number of ether oxygens (including phenoxy) is 1. The fourth-order valence-electron chi connectivity index (χ4n) is 1.90. The molecule has 0 atom stereocenters. The lowest BCUT2D eigenvalue weighted by Gasteiger charge is -2.08. The topological polar surface area (TPSA) is 9.23 Å². The van der Waals surface area contributed by atoms with Gasteiger partial charge in [-0.3, -0.25) is 0 Å². The van der Waals surface area contributed by atoms with Gasteiger partial charge in [0, 0.05) is 0 Å². The second-order valence-electron chi connectivity index (χ2n) is 4.40. The van der Waals surface area contributed by atoms with Crippen LogP contribution in [-0.4, -0.2) is 6.61 Å². The maximum absolute atomic E-state index is 5.71. The minimum Gasteiger partial charge on any atom is -0.493 e. The van der Waals surface area contributed by atoms with E-state index in [1.54, 1.807) is 0 Å². The maximum atomic E-state index is 5.71. The van der Waals surface area contributed by atoms with Crippen LogP contribution in [0.15, 0.2) is 54.6 Å². The number of benzene rings is 2. The molecule has 1 nitrogen and oxygen atoms in total. The van der Waals surface area contributed by atoms with Crippen LogP contribution in [-0.2, 0) is 6.42 Å². The predicted molar refractivity (Wildman–Crippen MR) is 75.8 cm³/mol. The minimum absolute atomic E-state index is 0.763. The van der Waals surface area contributed by atoms with Gasteiger partial charge in [0.1, 0.15) is 5.75 Å². The molecule has 0 saturated heterocycles. The number of unbranched alkanes of at least 4 members (excludes halogenated alkanes) is 1. The van der Waals surface area contributed by atoms with Crippen molar-refractivity contribution in [3.05, 3.63) is 72.6 Å². The van der Waals surface area contributed by atoms with E-state index in [-0.39, 0.29) is 0 Å². The molecular weight excluding hydrogens is 220 g/mol. The van der Waals surface area contributed by atoms with Gasteiger partial charge in [-0.15, -0.1) is 0 Å². The number of aryl methyl sites for hydroxylation is 1. The SMILES string of the molecule is [CH2]c1ccccc1OCCCCc1ccccc1. The van der Waals surface area contributed by atoms with Gasteiger partial charge in [0.25, 0.3) is 0 Å². The molecule has 0 heterocycles. The van der Waals surface area contributed by atoms with E-state index < -0.39 is 0 Å². The second-order valence-corrected chi connectivity index (χ2v) is 4.40. The highest BCUT2D eigenvalue weighted by Crippen LogP contribution is 2.16. The lowest BCUT2D eigenvalue weighted by Crippen LogP contribution is -1.99. The standard InChI is InChI=1S/C17H19O/c1-15-9-5-6-13-17(15)18-14-8-7-12-16-10-3-2-4-11-16/h2-6,9-11,13H,1,7-8,12,14H2. The first kappa shape index (κ1) is 12.7.